The Labute approximate surface area is 94.7 Å². The van der Waals surface area contributed by atoms with Gasteiger partial charge in [0.15, 0.2) is 5.03 Å². The molecular weight excluding hydrogens is 226 g/mol. The van der Waals surface area contributed by atoms with Crippen LogP contribution in [0, 0.1) is 5.41 Å². The first-order valence-corrected chi connectivity index (χ1v) is 6.29. The smallest absolute Gasteiger partial charge is 0.283 e. The normalized spacial score (nSPS) is 18.7. The topological polar surface area (TPSA) is 74.1 Å². The van der Waals surface area contributed by atoms with E-state index in [0.29, 0.717) is 5.56 Å². The van der Waals surface area contributed by atoms with Gasteiger partial charge in [-0.2, -0.15) is 8.42 Å². The molecule has 2 heterocycles. The highest BCUT2D eigenvalue weighted by molar-refractivity contribution is 7.90. The Hall–Kier alpha value is -1.43. The van der Waals surface area contributed by atoms with Crippen molar-refractivity contribution >= 4 is 15.9 Å². The predicted octanol–water partition coefficient (Wildman–Crippen LogP) is 1.21. The lowest BCUT2D eigenvalue weighted by molar-refractivity contribution is 0.351. The van der Waals surface area contributed by atoms with Crippen LogP contribution in [0.2, 0.25) is 0 Å². The van der Waals surface area contributed by atoms with Crippen LogP contribution in [0.15, 0.2) is 23.4 Å². The Bertz CT molecular complexity index is 558. The summed E-state index contributed by atoms with van der Waals surface area (Å²) < 4.78 is 25.4. The first-order valence-electron chi connectivity index (χ1n) is 4.85. The van der Waals surface area contributed by atoms with Gasteiger partial charge in [0.1, 0.15) is 5.84 Å². The first-order chi connectivity index (χ1) is 7.26. The third kappa shape index (κ3) is 1.33. The highest BCUT2D eigenvalue weighted by Gasteiger charge is 2.45. The Morgan fingerprint density at radius 2 is 2.00 bits per heavy atom. The Balaban J connectivity index is 2.73. The van der Waals surface area contributed by atoms with Gasteiger partial charge in [-0.05, 0) is 32.9 Å². The Kier molecular flexibility index (Phi) is 2.10. The van der Waals surface area contributed by atoms with Crippen LogP contribution in [0.1, 0.15) is 26.3 Å². The molecule has 86 valence electrons. The van der Waals surface area contributed by atoms with Gasteiger partial charge in [-0.3, -0.25) is 5.41 Å². The molecule has 16 heavy (non-hydrogen) atoms. The summed E-state index contributed by atoms with van der Waals surface area (Å²) in [5.74, 6) is -0.00407. The van der Waals surface area contributed by atoms with Gasteiger partial charge in [0, 0.05) is 11.7 Å². The molecule has 0 amide bonds. The predicted molar refractivity (Wildman–Crippen MR) is 59.8 cm³/mol. The number of nitrogens with one attached hydrogen (secondary N) is 1. The number of amidine groups is 1. The molecule has 1 aromatic heterocycles. The van der Waals surface area contributed by atoms with Crippen molar-refractivity contribution in [2.75, 3.05) is 0 Å². The van der Waals surface area contributed by atoms with Crippen LogP contribution in [0.25, 0.3) is 0 Å². The monoisotopic (exact) mass is 239 g/mol. The van der Waals surface area contributed by atoms with E-state index in [1.807, 2.05) is 0 Å². The SMILES string of the molecule is CC(C)(C)N1C(=N)c2cccnc2S1(=O)=O. The number of hydrogen-bond donors (Lipinski definition) is 1. The molecule has 1 aromatic rings. The Morgan fingerprint density at radius 1 is 1.38 bits per heavy atom. The fourth-order valence-corrected chi connectivity index (χ4v) is 3.66. The molecule has 2 rings (SSSR count). The molecule has 0 atom stereocenters. The van der Waals surface area contributed by atoms with Crippen LogP contribution in [0.4, 0.5) is 0 Å². The summed E-state index contributed by atoms with van der Waals surface area (Å²) in [4.78, 5) is 3.86. The van der Waals surface area contributed by atoms with Crippen molar-refractivity contribution in [2.45, 2.75) is 31.3 Å². The van der Waals surface area contributed by atoms with E-state index in [2.05, 4.69) is 4.98 Å². The quantitative estimate of drug-likeness (QED) is 0.739. The molecule has 1 N–H and O–H groups in total. The minimum Gasteiger partial charge on any atom is -0.283 e. The number of aromatic nitrogens is 1. The van der Waals surface area contributed by atoms with E-state index < -0.39 is 15.6 Å². The van der Waals surface area contributed by atoms with E-state index in [9.17, 15) is 8.42 Å². The fraction of sp³-hybridized carbons (Fsp3) is 0.400. The summed E-state index contributed by atoms with van der Waals surface area (Å²) in [6.07, 6.45) is 1.43. The highest BCUT2D eigenvalue weighted by atomic mass is 32.2. The minimum atomic E-state index is -3.66. The van der Waals surface area contributed by atoms with E-state index >= 15 is 0 Å². The molecule has 0 unspecified atom stereocenters. The number of hydrogen-bond acceptors (Lipinski definition) is 4. The molecule has 0 bridgehead atoms. The third-order valence-corrected chi connectivity index (χ3v) is 4.35. The fourth-order valence-electron chi connectivity index (χ4n) is 1.79. The maximum absolute atomic E-state index is 12.2. The van der Waals surface area contributed by atoms with Crippen molar-refractivity contribution in [2.24, 2.45) is 0 Å². The number of sulfonamides is 1. The Morgan fingerprint density at radius 3 is 2.50 bits per heavy atom. The van der Waals surface area contributed by atoms with Gasteiger partial charge in [-0.1, -0.05) is 0 Å². The molecule has 0 aliphatic carbocycles. The van der Waals surface area contributed by atoms with Crippen LogP contribution < -0.4 is 0 Å². The lowest BCUT2D eigenvalue weighted by atomic mass is 10.1. The van der Waals surface area contributed by atoms with Gasteiger partial charge < -0.3 is 0 Å². The molecule has 0 spiro atoms. The third-order valence-electron chi connectivity index (χ3n) is 2.32. The van der Waals surface area contributed by atoms with Crippen molar-refractivity contribution in [3.63, 3.8) is 0 Å². The van der Waals surface area contributed by atoms with E-state index in [1.165, 1.54) is 6.20 Å². The second-order valence-electron chi connectivity index (χ2n) is 4.64. The molecule has 6 heteroatoms. The average molecular weight is 239 g/mol. The molecule has 1 aliphatic rings. The zero-order valence-corrected chi connectivity index (χ0v) is 10.2. The van der Waals surface area contributed by atoms with Crippen molar-refractivity contribution in [1.29, 1.82) is 5.41 Å². The van der Waals surface area contributed by atoms with Crippen molar-refractivity contribution in [3.05, 3.63) is 23.9 Å². The van der Waals surface area contributed by atoms with Crippen molar-refractivity contribution < 1.29 is 8.42 Å². The molecule has 5 nitrogen and oxygen atoms in total. The van der Waals surface area contributed by atoms with Crippen LogP contribution >= 0.6 is 0 Å². The summed E-state index contributed by atoms with van der Waals surface area (Å²) in [7, 11) is -3.66. The minimum absolute atomic E-state index is 0.00407. The molecule has 0 saturated heterocycles. The van der Waals surface area contributed by atoms with E-state index in [4.69, 9.17) is 5.41 Å². The van der Waals surface area contributed by atoms with Crippen LogP contribution in [-0.2, 0) is 10.0 Å². The summed E-state index contributed by atoms with van der Waals surface area (Å²) in [5.41, 5.74) is -0.284. The second-order valence-corrected chi connectivity index (χ2v) is 6.35. The van der Waals surface area contributed by atoms with Gasteiger partial charge in [-0.15, -0.1) is 0 Å². The average Bonchev–Trinajstić information content (AvgIpc) is 2.34. The standard InChI is InChI=1S/C10H13N3O2S/c1-10(2,3)13-8(11)7-5-4-6-12-9(7)16(13,14)15/h4-6,11H,1-3H3. The highest BCUT2D eigenvalue weighted by Crippen LogP contribution is 2.33. The number of fused-ring (bicyclic) bond motifs is 1. The van der Waals surface area contributed by atoms with E-state index in [0.717, 1.165) is 4.31 Å². The largest absolute Gasteiger partial charge is 0.284 e. The van der Waals surface area contributed by atoms with Gasteiger partial charge in [0.05, 0.1) is 5.56 Å². The van der Waals surface area contributed by atoms with Crippen LogP contribution in [-0.4, -0.2) is 29.1 Å². The molecular formula is C10H13N3O2S. The van der Waals surface area contributed by atoms with E-state index in [-0.39, 0.29) is 10.9 Å². The molecule has 0 radical (unpaired) electrons. The lowest BCUT2D eigenvalue weighted by Crippen LogP contribution is -2.45. The van der Waals surface area contributed by atoms with Crippen molar-refractivity contribution in [3.8, 4) is 0 Å². The number of nitrogens with zero attached hydrogens (tertiary/aromatic N) is 2. The number of rotatable bonds is 0. The van der Waals surface area contributed by atoms with Gasteiger partial charge in [-0.25, -0.2) is 9.29 Å². The first kappa shape index (κ1) is 11.1. The number of pyridine rings is 1. The summed E-state index contributed by atoms with van der Waals surface area (Å²) >= 11 is 0. The van der Waals surface area contributed by atoms with Crippen LogP contribution in [0.3, 0.4) is 0 Å². The molecule has 1 aliphatic heterocycles. The van der Waals surface area contributed by atoms with Gasteiger partial charge in [0.2, 0.25) is 0 Å². The molecule has 0 aromatic carbocycles. The summed E-state index contributed by atoms with van der Waals surface area (Å²) in [6.45, 7) is 5.26. The summed E-state index contributed by atoms with van der Waals surface area (Å²) in [6, 6.07) is 3.24. The zero-order valence-electron chi connectivity index (χ0n) is 9.35. The maximum atomic E-state index is 12.2. The van der Waals surface area contributed by atoms with Crippen molar-refractivity contribution in [1.82, 2.24) is 9.29 Å². The molecule has 0 saturated carbocycles. The summed E-state index contributed by atoms with van der Waals surface area (Å²) in [5, 5.41) is 7.89. The van der Waals surface area contributed by atoms with Gasteiger partial charge in [0.25, 0.3) is 10.0 Å². The van der Waals surface area contributed by atoms with E-state index in [1.54, 1.807) is 32.9 Å². The van der Waals surface area contributed by atoms with Gasteiger partial charge >= 0.3 is 0 Å². The zero-order chi connectivity index (χ0) is 12.1. The maximum Gasteiger partial charge on any atom is 0.284 e. The lowest BCUT2D eigenvalue weighted by Gasteiger charge is -2.31. The molecule has 0 fully saturated rings. The van der Waals surface area contributed by atoms with Crippen LogP contribution in [0.5, 0.6) is 0 Å². The second kappa shape index (κ2) is 3.04.